The number of alkyl halides is 1. The molecule has 0 aliphatic heterocycles. The van der Waals surface area contributed by atoms with E-state index in [9.17, 15) is 0 Å². The van der Waals surface area contributed by atoms with Crippen molar-refractivity contribution >= 4 is 27.5 Å². The number of aryl methyl sites for hydroxylation is 1. The van der Waals surface area contributed by atoms with Crippen molar-refractivity contribution < 1.29 is 0 Å². The molecule has 0 spiro atoms. The van der Waals surface area contributed by atoms with Gasteiger partial charge in [-0.3, -0.25) is 0 Å². The molecule has 1 fully saturated rings. The van der Waals surface area contributed by atoms with Crippen molar-refractivity contribution in [1.29, 1.82) is 0 Å². The second-order valence-electron chi connectivity index (χ2n) is 4.02. The van der Waals surface area contributed by atoms with Crippen molar-refractivity contribution in [2.75, 3.05) is 0 Å². The Hall–Kier alpha value is -0.0100. The first-order chi connectivity index (χ1) is 6.75. The van der Waals surface area contributed by atoms with Crippen LogP contribution in [0.5, 0.6) is 0 Å². The van der Waals surface area contributed by atoms with E-state index < -0.39 is 0 Å². The summed E-state index contributed by atoms with van der Waals surface area (Å²) in [5.41, 5.74) is 1.39. The predicted octanol–water partition coefficient (Wildman–Crippen LogP) is 4.45. The molecule has 0 N–H and O–H groups in total. The summed E-state index contributed by atoms with van der Waals surface area (Å²) in [5, 5.41) is 0.825. The van der Waals surface area contributed by atoms with Crippen LogP contribution in [-0.4, -0.2) is 4.83 Å². The minimum Gasteiger partial charge on any atom is -0.0888 e. The van der Waals surface area contributed by atoms with Gasteiger partial charge in [-0.15, -0.1) is 0 Å². The van der Waals surface area contributed by atoms with E-state index >= 15 is 0 Å². The van der Waals surface area contributed by atoms with Crippen molar-refractivity contribution in [2.45, 2.75) is 30.5 Å². The fraction of sp³-hybridized carbons (Fsp3) is 0.500. The Balaban J connectivity index is 1.82. The third-order valence-corrected chi connectivity index (χ3v) is 4.21. The highest BCUT2D eigenvalue weighted by Gasteiger charge is 2.28. The SMILES string of the molecule is Clc1ccc(CCC(Br)C2CC2)cc1. The summed E-state index contributed by atoms with van der Waals surface area (Å²) in [5.74, 6) is 0.947. The Labute approximate surface area is 98.8 Å². The van der Waals surface area contributed by atoms with E-state index in [2.05, 4.69) is 28.1 Å². The third kappa shape index (κ3) is 2.99. The van der Waals surface area contributed by atoms with Gasteiger partial charge >= 0.3 is 0 Å². The fourth-order valence-electron chi connectivity index (χ4n) is 1.65. The summed E-state index contributed by atoms with van der Waals surface area (Å²) in [6, 6.07) is 8.18. The van der Waals surface area contributed by atoms with Gasteiger partial charge in [0.25, 0.3) is 0 Å². The zero-order valence-electron chi connectivity index (χ0n) is 8.05. The van der Waals surface area contributed by atoms with Gasteiger partial charge < -0.3 is 0 Å². The van der Waals surface area contributed by atoms with Crippen LogP contribution in [0, 0.1) is 5.92 Å². The number of rotatable bonds is 4. The molecule has 1 aromatic rings. The van der Waals surface area contributed by atoms with Crippen LogP contribution >= 0.6 is 27.5 Å². The predicted molar refractivity (Wildman–Crippen MR) is 65.2 cm³/mol. The third-order valence-electron chi connectivity index (χ3n) is 2.76. The lowest BCUT2D eigenvalue weighted by molar-refractivity contribution is 0.696. The molecule has 14 heavy (non-hydrogen) atoms. The quantitative estimate of drug-likeness (QED) is 0.711. The molecule has 0 aromatic heterocycles. The summed E-state index contributed by atoms with van der Waals surface area (Å²) >= 11 is 9.58. The lowest BCUT2D eigenvalue weighted by Gasteiger charge is -2.07. The average Bonchev–Trinajstić information content (AvgIpc) is 3.00. The zero-order chi connectivity index (χ0) is 9.97. The average molecular weight is 274 g/mol. The van der Waals surface area contributed by atoms with Crippen LogP contribution in [0.4, 0.5) is 0 Å². The number of benzene rings is 1. The molecule has 0 heterocycles. The molecule has 1 aliphatic rings. The largest absolute Gasteiger partial charge is 0.0888 e. The van der Waals surface area contributed by atoms with E-state index in [0.717, 1.165) is 22.2 Å². The lowest BCUT2D eigenvalue weighted by Crippen LogP contribution is -2.02. The maximum Gasteiger partial charge on any atom is 0.0406 e. The van der Waals surface area contributed by atoms with Gasteiger partial charge in [0.15, 0.2) is 0 Å². The van der Waals surface area contributed by atoms with Crippen LogP contribution in [0.2, 0.25) is 5.02 Å². The van der Waals surface area contributed by atoms with E-state index in [1.54, 1.807) is 0 Å². The summed E-state index contributed by atoms with van der Waals surface area (Å²) in [6.45, 7) is 0. The molecule has 1 atom stereocenters. The van der Waals surface area contributed by atoms with Gasteiger partial charge in [0.2, 0.25) is 0 Å². The van der Waals surface area contributed by atoms with Gasteiger partial charge in [0.1, 0.15) is 0 Å². The second-order valence-corrected chi connectivity index (χ2v) is 5.63. The molecule has 0 radical (unpaired) electrons. The molecule has 1 saturated carbocycles. The van der Waals surface area contributed by atoms with E-state index in [0.29, 0.717) is 0 Å². The minimum absolute atomic E-state index is 0.721. The van der Waals surface area contributed by atoms with E-state index in [-0.39, 0.29) is 0 Å². The maximum absolute atomic E-state index is 5.83. The smallest absolute Gasteiger partial charge is 0.0406 e. The van der Waals surface area contributed by atoms with Gasteiger partial charge in [0.05, 0.1) is 0 Å². The molecule has 0 nitrogen and oxygen atoms in total. The Morgan fingerprint density at radius 2 is 1.93 bits per heavy atom. The van der Waals surface area contributed by atoms with Crippen LogP contribution in [0.1, 0.15) is 24.8 Å². The summed E-state index contributed by atoms with van der Waals surface area (Å²) in [4.78, 5) is 0.721. The standard InChI is InChI=1S/C12H14BrCl/c13-12(10-4-5-10)8-3-9-1-6-11(14)7-2-9/h1-2,6-7,10,12H,3-5,8H2. The van der Waals surface area contributed by atoms with Crippen molar-refractivity contribution in [1.82, 2.24) is 0 Å². The van der Waals surface area contributed by atoms with Crippen LogP contribution in [-0.2, 0) is 6.42 Å². The lowest BCUT2D eigenvalue weighted by atomic mass is 10.1. The van der Waals surface area contributed by atoms with E-state index in [4.69, 9.17) is 11.6 Å². The molecule has 1 aromatic carbocycles. The van der Waals surface area contributed by atoms with Crippen molar-refractivity contribution in [3.63, 3.8) is 0 Å². The summed E-state index contributed by atoms with van der Waals surface area (Å²) < 4.78 is 0. The molecular formula is C12H14BrCl. The molecule has 0 saturated heterocycles. The summed E-state index contributed by atoms with van der Waals surface area (Å²) in [7, 11) is 0. The topological polar surface area (TPSA) is 0 Å². The van der Waals surface area contributed by atoms with Gasteiger partial charge in [-0.1, -0.05) is 39.7 Å². The fourth-order valence-corrected chi connectivity index (χ4v) is 2.53. The zero-order valence-corrected chi connectivity index (χ0v) is 10.4. The second kappa shape index (κ2) is 4.67. The first-order valence-corrected chi connectivity index (χ1v) is 6.43. The van der Waals surface area contributed by atoms with Crippen molar-refractivity contribution in [3.8, 4) is 0 Å². The number of halogens is 2. The van der Waals surface area contributed by atoms with E-state index in [1.165, 1.54) is 24.8 Å². The van der Waals surface area contributed by atoms with E-state index in [1.807, 2.05) is 12.1 Å². The van der Waals surface area contributed by atoms with Crippen molar-refractivity contribution in [2.24, 2.45) is 5.92 Å². The molecule has 2 heteroatoms. The Morgan fingerprint density at radius 3 is 2.50 bits per heavy atom. The van der Waals surface area contributed by atoms with Gasteiger partial charge in [-0.2, -0.15) is 0 Å². The van der Waals surface area contributed by atoms with Gasteiger partial charge in [-0.25, -0.2) is 0 Å². The number of hydrogen-bond acceptors (Lipinski definition) is 0. The normalized spacial score (nSPS) is 18.1. The van der Waals surface area contributed by atoms with Crippen LogP contribution in [0.3, 0.4) is 0 Å². The van der Waals surface area contributed by atoms with Crippen LogP contribution in [0.25, 0.3) is 0 Å². The van der Waals surface area contributed by atoms with Crippen LogP contribution < -0.4 is 0 Å². The molecule has 1 unspecified atom stereocenters. The molecule has 76 valence electrons. The first-order valence-electron chi connectivity index (χ1n) is 5.14. The maximum atomic E-state index is 5.83. The molecule has 0 bridgehead atoms. The highest BCUT2D eigenvalue weighted by atomic mass is 79.9. The summed E-state index contributed by atoms with van der Waals surface area (Å²) in [6.07, 6.45) is 5.23. The monoisotopic (exact) mass is 272 g/mol. The Bertz CT molecular complexity index is 290. The Morgan fingerprint density at radius 1 is 1.29 bits per heavy atom. The first kappa shape index (κ1) is 10.5. The minimum atomic E-state index is 0.721. The van der Waals surface area contributed by atoms with Crippen LogP contribution in [0.15, 0.2) is 24.3 Å². The van der Waals surface area contributed by atoms with Gasteiger partial charge in [0, 0.05) is 9.85 Å². The highest BCUT2D eigenvalue weighted by molar-refractivity contribution is 9.09. The van der Waals surface area contributed by atoms with Gasteiger partial charge in [-0.05, 0) is 49.3 Å². The molecule has 0 amide bonds. The Kier molecular flexibility index (Phi) is 3.51. The molecular weight excluding hydrogens is 259 g/mol. The number of hydrogen-bond donors (Lipinski definition) is 0. The molecule has 2 rings (SSSR count). The highest BCUT2D eigenvalue weighted by Crippen LogP contribution is 2.38. The van der Waals surface area contributed by atoms with Crippen molar-refractivity contribution in [3.05, 3.63) is 34.9 Å². The molecule has 1 aliphatic carbocycles.